The van der Waals surface area contributed by atoms with E-state index in [9.17, 15) is 4.79 Å². The van der Waals surface area contributed by atoms with Gasteiger partial charge in [0, 0.05) is 0 Å². The van der Waals surface area contributed by atoms with E-state index in [1.165, 1.54) is 0 Å². The number of carbonyl (C=O) groups excluding carboxylic acids is 1. The van der Waals surface area contributed by atoms with Crippen molar-refractivity contribution in [3.05, 3.63) is 71.8 Å². The highest BCUT2D eigenvalue weighted by Gasteiger charge is 2.75. The molecule has 0 radical (unpaired) electrons. The first-order valence-corrected chi connectivity index (χ1v) is 8.77. The molecule has 0 amide bonds. The highest BCUT2D eigenvalue weighted by molar-refractivity contribution is 6.00. The lowest BCUT2D eigenvalue weighted by atomic mass is 9.83. The number of epoxide rings is 2. The van der Waals surface area contributed by atoms with Crippen molar-refractivity contribution in [3.63, 3.8) is 0 Å². The van der Waals surface area contributed by atoms with Gasteiger partial charge in [0.2, 0.25) is 5.78 Å². The number of ketones is 1. The maximum atomic E-state index is 13.4. The lowest BCUT2D eigenvalue weighted by Gasteiger charge is -2.13. The number of benzene rings is 2. The molecule has 1 saturated carbocycles. The molecule has 2 aromatic carbocycles. The molecule has 2 spiro atoms. The van der Waals surface area contributed by atoms with E-state index in [-0.39, 0.29) is 18.0 Å². The van der Waals surface area contributed by atoms with Crippen molar-refractivity contribution in [2.24, 2.45) is 0 Å². The molecule has 0 bridgehead atoms. The monoisotopic (exact) mass is 320 g/mol. The minimum atomic E-state index is -0.665. The van der Waals surface area contributed by atoms with Crippen LogP contribution in [0.25, 0.3) is 0 Å². The Morgan fingerprint density at radius 2 is 1.12 bits per heavy atom. The standard InChI is InChI=1S/C21H20O3/c22-19-20(17(23-20)15-9-3-1-4-10-15)13-7-8-14-21(19)18(24-21)16-11-5-2-6-12-16/h1-6,9-12,17-18H,7-8,13-14H2/t17-,18+,20?,21?. The average molecular weight is 320 g/mol. The van der Waals surface area contributed by atoms with Crippen molar-refractivity contribution in [3.8, 4) is 0 Å². The van der Waals surface area contributed by atoms with Crippen LogP contribution in [0.15, 0.2) is 60.7 Å². The molecule has 2 heterocycles. The van der Waals surface area contributed by atoms with Gasteiger partial charge >= 0.3 is 0 Å². The smallest absolute Gasteiger partial charge is 0.202 e. The van der Waals surface area contributed by atoms with E-state index in [4.69, 9.17) is 9.47 Å². The van der Waals surface area contributed by atoms with Crippen LogP contribution >= 0.6 is 0 Å². The van der Waals surface area contributed by atoms with Crippen LogP contribution in [0.5, 0.6) is 0 Å². The summed E-state index contributed by atoms with van der Waals surface area (Å²) < 4.78 is 12.1. The fourth-order valence-corrected chi connectivity index (χ4v) is 4.37. The average Bonchev–Trinajstić information content (AvgIpc) is 3.54. The van der Waals surface area contributed by atoms with Gasteiger partial charge in [-0.3, -0.25) is 4.79 Å². The summed E-state index contributed by atoms with van der Waals surface area (Å²) in [5, 5.41) is 0. The van der Waals surface area contributed by atoms with E-state index >= 15 is 0 Å². The SMILES string of the molecule is O=C1C2(CCCCC13O[C@H]3c1ccccc1)O[C@@H]2c1ccccc1. The predicted molar refractivity (Wildman–Crippen MR) is 89.5 cm³/mol. The summed E-state index contributed by atoms with van der Waals surface area (Å²) in [7, 11) is 0. The molecule has 2 aliphatic heterocycles. The fourth-order valence-electron chi connectivity index (χ4n) is 4.37. The van der Waals surface area contributed by atoms with E-state index in [1.807, 2.05) is 60.7 Å². The summed E-state index contributed by atoms with van der Waals surface area (Å²) in [6, 6.07) is 20.2. The number of hydrogen-bond acceptors (Lipinski definition) is 3. The number of ether oxygens (including phenoxy) is 2. The number of hydrogen-bond donors (Lipinski definition) is 0. The molecule has 3 fully saturated rings. The minimum Gasteiger partial charge on any atom is -0.353 e. The zero-order valence-corrected chi connectivity index (χ0v) is 13.5. The summed E-state index contributed by atoms with van der Waals surface area (Å²) in [4.78, 5) is 13.4. The Hall–Kier alpha value is -1.97. The molecule has 122 valence electrons. The summed E-state index contributed by atoms with van der Waals surface area (Å²) in [6.07, 6.45) is 3.42. The van der Waals surface area contributed by atoms with Crippen LogP contribution in [-0.2, 0) is 14.3 Å². The molecule has 4 atom stereocenters. The van der Waals surface area contributed by atoms with Crippen molar-refractivity contribution in [2.45, 2.75) is 49.1 Å². The summed E-state index contributed by atoms with van der Waals surface area (Å²) in [6.45, 7) is 0. The van der Waals surface area contributed by atoms with Gasteiger partial charge in [0.25, 0.3) is 0 Å². The highest BCUT2D eigenvalue weighted by atomic mass is 16.6. The van der Waals surface area contributed by atoms with Crippen molar-refractivity contribution in [1.29, 1.82) is 0 Å². The second-order valence-corrected chi connectivity index (χ2v) is 7.13. The maximum absolute atomic E-state index is 13.4. The Labute approximate surface area is 141 Å². The summed E-state index contributed by atoms with van der Waals surface area (Å²) in [5.74, 6) is 0.162. The van der Waals surface area contributed by atoms with E-state index in [0.29, 0.717) is 0 Å². The zero-order valence-electron chi connectivity index (χ0n) is 13.5. The molecule has 3 aliphatic rings. The van der Waals surface area contributed by atoms with Crippen LogP contribution in [-0.4, -0.2) is 17.0 Å². The third kappa shape index (κ3) is 1.95. The van der Waals surface area contributed by atoms with Gasteiger partial charge < -0.3 is 9.47 Å². The quantitative estimate of drug-likeness (QED) is 0.781. The van der Waals surface area contributed by atoms with Crippen molar-refractivity contribution < 1.29 is 14.3 Å². The lowest BCUT2D eigenvalue weighted by molar-refractivity contribution is -0.129. The van der Waals surface area contributed by atoms with Gasteiger partial charge in [-0.15, -0.1) is 0 Å². The van der Waals surface area contributed by atoms with Crippen molar-refractivity contribution in [2.75, 3.05) is 0 Å². The summed E-state index contributed by atoms with van der Waals surface area (Å²) in [5.41, 5.74) is 0.864. The molecule has 0 aromatic heterocycles. The Kier molecular flexibility index (Phi) is 3.00. The molecule has 1 aliphatic carbocycles. The van der Waals surface area contributed by atoms with E-state index in [2.05, 4.69) is 0 Å². The summed E-state index contributed by atoms with van der Waals surface area (Å²) >= 11 is 0. The van der Waals surface area contributed by atoms with Crippen LogP contribution in [0.1, 0.15) is 49.0 Å². The molecular weight excluding hydrogens is 300 g/mol. The van der Waals surface area contributed by atoms with Gasteiger partial charge in [0.1, 0.15) is 12.2 Å². The topological polar surface area (TPSA) is 42.1 Å². The molecule has 2 unspecified atom stereocenters. The van der Waals surface area contributed by atoms with Crippen LogP contribution in [0.2, 0.25) is 0 Å². The minimum absolute atomic E-state index is 0.109. The normalized spacial score (nSPS) is 37.4. The predicted octanol–water partition coefficient (Wildman–Crippen LogP) is 4.15. The first-order valence-electron chi connectivity index (χ1n) is 8.77. The van der Waals surface area contributed by atoms with E-state index in [1.54, 1.807) is 0 Å². The molecule has 3 heteroatoms. The van der Waals surface area contributed by atoms with Gasteiger partial charge in [-0.1, -0.05) is 60.7 Å². The Balaban J connectivity index is 1.47. The number of carbonyl (C=O) groups is 1. The second-order valence-electron chi connectivity index (χ2n) is 7.13. The van der Waals surface area contributed by atoms with Crippen molar-refractivity contribution in [1.82, 2.24) is 0 Å². The molecule has 2 aromatic rings. The first kappa shape index (κ1) is 14.4. The second kappa shape index (κ2) is 5.01. The molecule has 0 N–H and O–H groups in total. The molecule has 3 nitrogen and oxygen atoms in total. The zero-order chi connectivity index (χ0) is 16.2. The number of rotatable bonds is 2. The van der Waals surface area contributed by atoms with Crippen molar-refractivity contribution >= 4 is 5.78 Å². The molecule has 2 saturated heterocycles. The third-order valence-electron chi connectivity index (χ3n) is 5.71. The lowest BCUT2D eigenvalue weighted by Crippen LogP contribution is -2.37. The molecule has 24 heavy (non-hydrogen) atoms. The molecular formula is C21H20O3. The van der Waals surface area contributed by atoms with E-state index < -0.39 is 11.2 Å². The van der Waals surface area contributed by atoms with E-state index in [0.717, 1.165) is 36.8 Å². The van der Waals surface area contributed by atoms with Gasteiger partial charge in [-0.2, -0.15) is 0 Å². The fraction of sp³-hybridized carbons (Fsp3) is 0.381. The van der Waals surface area contributed by atoms with Gasteiger partial charge in [-0.25, -0.2) is 0 Å². The Morgan fingerprint density at radius 1 is 0.708 bits per heavy atom. The van der Waals surface area contributed by atoms with Gasteiger partial charge in [0.15, 0.2) is 11.2 Å². The first-order chi connectivity index (χ1) is 11.8. The largest absolute Gasteiger partial charge is 0.353 e. The maximum Gasteiger partial charge on any atom is 0.202 e. The van der Waals surface area contributed by atoms with Crippen LogP contribution in [0.3, 0.4) is 0 Å². The van der Waals surface area contributed by atoms with Crippen LogP contribution in [0, 0.1) is 0 Å². The van der Waals surface area contributed by atoms with Crippen LogP contribution < -0.4 is 0 Å². The Morgan fingerprint density at radius 3 is 1.54 bits per heavy atom. The number of Topliss-reactive ketones (excluding diaryl/α,β-unsaturated/α-hetero) is 1. The molecule has 5 rings (SSSR count). The van der Waals surface area contributed by atoms with Crippen LogP contribution in [0.4, 0.5) is 0 Å². The highest BCUT2D eigenvalue weighted by Crippen LogP contribution is 2.64. The van der Waals surface area contributed by atoms with Gasteiger partial charge in [-0.05, 0) is 36.8 Å². The van der Waals surface area contributed by atoms with Gasteiger partial charge in [0.05, 0.1) is 0 Å². The third-order valence-corrected chi connectivity index (χ3v) is 5.71. The Bertz CT molecular complexity index is 707.